The molecule has 0 radical (unpaired) electrons. The number of carbonyl (C=O) groups is 3. The molecule has 1 amide bonds. The summed E-state index contributed by atoms with van der Waals surface area (Å²) < 4.78 is 5.19. The normalized spacial score (nSPS) is 23.0. The van der Waals surface area contributed by atoms with Crippen LogP contribution in [-0.2, 0) is 19.1 Å². The van der Waals surface area contributed by atoms with Gasteiger partial charge in [0, 0.05) is 6.54 Å². The number of hydrogen-bond donors (Lipinski definition) is 2. The first-order valence-electron chi connectivity index (χ1n) is 10.4. The summed E-state index contributed by atoms with van der Waals surface area (Å²) in [6, 6.07) is -1.91. The molecule has 0 aromatic rings. The molecule has 3 atom stereocenters. The van der Waals surface area contributed by atoms with Gasteiger partial charge in [-0.25, -0.2) is 4.79 Å². The van der Waals surface area contributed by atoms with E-state index in [1.54, 1.807) is 13.8 Å². The Kier molecular flexibility index (Phi) is 8.54. The molecule has 1 aliphatic heterocycles. The Labute approximate surface area is 161 Å². The predicted octanol–water partition coefficient (Wildman–Crippen LogP) is 2.33. The SMILES string of the molecule is CCOC(=O)[C@H](CCC1CCCCC1)NC(C)C(=O)N1CCCC1C(=O)O. The summed E-state index contributed by atoms with van der Waals surface area (Å²) in [6.45, 7) is 4.22. The van der Waals surface area contributed by atoms with Crippen LogP contribution in [0.5, 0.6) is 0 Å². The van der Waals surface area contributed by atoms with Crippen LogP contribution in [0.2, 0.25) is 0 Å². The van der Waals surface area contributed by atoms with E-state index in [-0.39, 0.29) is 11.9 Å². The van der Waals surface area contributed by atoms with Crippen LogP contribution in [-0.4, -0.2) is 59.1 Å². The van der Waals surface area contributed by atoms with Gasteiger partial charge in [-0.15, -0.1) is 0 Å². The van der Waals surface area contributed by atoms with Crippen LogP contribution in [0.1, 0.15) is 71.6 Å². The monoisotopic (exact) mass is 382 g/mol. The van der Waals surface area contributed by atoms with Gasteiger partial charge in [0.2, 0.25) is 5.91 Å². The Balaban J connectivity index is 1.94. The highest BCUT2D eigenvalue weighted by Crippen LogP contribution is 2.28. The largest absolute Gasteiger partial charge is 0.480 e. The Morgan fingerprint density at radius 3 is 2.48 bits per heavy atom. The molecule has 1 aliphatic carbocycles. The van der Waals surface area contributed by atoms with Crippen LogP contribution in [0, 0.1) is 5.92 Å². The minimum absolute atomic E-state index is 0.258. The molecular weight excluding hydrogens is 348 g/mol. The number of hydrogen-bond acceptors (Lipinski definition) is 5. The molecule has 27 heavy (non-hydrogen) atoms. The Morgan fingerprint density at radius 2 is 1.85 bits per heavy atom. The second-order valence-electron chi connectivity index (χ2n) is 7.80. The predicted molar refractivity (Wildman–Crippen MR) is 101 cm³/mol. The lowest BCUT2D eigenvalue weighted by Gasteiger charge is -2.29. The van der Waals surface area contributed by atoms with Gasteiger partial charge in [-0.1, -0.05) is 32.1 Å². The first-order chi connectivity index (χ1) is 12.9. The van der Waals surface area contributed by atoms with Crippen molar-refractivity contribution in [3.8, 4) is 0 Å². The average molecular weight is 383 g/mol. The fourth-order valence-corrected chi connectivity index (χ4v) is 4.30. The molecule has 0 bridgehead atoms. The van der Waals surface area contributed by atoms with Crippen molar-refractivity contribution < 1.29 is 24.2 Å². The Hall–Kier alpha value is -1.63. The van der Waals surface area contributed by atoms with E-state index in [0.29, 0.717) is 38.3 Å². The molecule has 7 heteroatoms. The maximum Gasteiger partial charge on any atom is 0.326 e. The highest BCUT2D eigenvalue weighted by Gasteiger charge is 2.37. The summed E-state index contributed by atoms with van der Waals surface area (Å²) >= 11 is 0. The fraction of sp³-hybridized carbons (Fsp3) is 0.850. The third kappa shape index (κ3) is 6.19. The van der Waals surface area contributed by atoms with Crippen molar-refractivity contribution in [3.63, 3.8) is 0 Å². The van der Waals surface area contributed by atoms with Gasteiger partial charge in [-0.2, -0.15) is 0 Å². The second kappa shape index (κ2) is 10.6. The van der Waals surface area contributed by atoms with Crippen molar-refractivity contribution in [2.24, 2.45) is 5.92 Å². The van der Waals surface area contributed by atoms with Crippen LogP contribution < -0.4 is 5.32 Å². The quantitative estimate of drug-likeness (QED) is 0.594. The molecule has 2 rings (SSSR count). The molecule has 2 fully saturated rings. The smallest absolute Gasteiger partial charge is 0.326 e. The number of likely N-dealkylation sites (tertiary alicyclic amines) is 1. The van der Waals surface area contributed by atoms with Crippen molar-refractivity contribution in [2.75, 3.05) is 13.2 Å². The highest BCUT2D eigenvalue weighted by molar-refractivity contribution is 5.88. The van der Waals surface area contributed by atoms with Gasteiger partial charge in [-0.3, -0.25) is 14.9 Å². The number of aliphatic carboxylic acids is 1. The molecule has 1 heterocycles. The molecule has 1 saturated carbocycles. The van der Waals surface area contributed by atoms with E-state index < -0.39 is 24.1 Å². The highest BCUT2D eigenvalue weighted by atomic mass is 16.5. The summed E-state index contributed by atoms with van der Waals surface area (Å²) in [5.41, 5.74) is 0. The minimum Gasteiger partial charge on any atom is -0.480 e. The van der Waals surface area contributed by atoms with Gasteiger partial charge in [0.25, 0.3) is 0 Å². The van der Waals surface area contributed by atoms with Crippen LogP contribution in [0.4, 0.5) is 0 Å². The lowest BCUT2D eigenvalue weighted by Crippen LogP contribution is -2.53. The zero-order chi connectivity index (χ0) is 19.8. The second-order valence-corrected chi connectivity index (χ2v) is 7.80. The van der Waals surface area contributed by atoms with E-state index >= 15 is 0 Å². The van der Waals surface area contributed by atoms with Crippen LogP contribution >= 0.6 is 0 Å². The standard InChI is InChI=1S/C20H34N2O5/c1-3-27-20(26)16(12-11-15-8-5-4-6-9-15)21-14(2)18(23)22-13-7-10-17(22)19(24)25/h14-17,21H,3-13H2,1-2H3,(H,24,25)/t14?,16-,17?/m0/s1. The first kappa shape index (κ1) is 21.7. The van der Waals surface area contributed by atoms with Crippen molar-refractivity contribution in [1.82, 2.24) is 10.2 Å². The molecule has 7 nitrogen and oxygen atoms in total. The topological polar surface area (TPSA) is 95.9 Å². The van der Waals surface area contributed by atoms with E-state index in [1.165, 1.54) is 37.0 Å². The Morgan fingerprint density at radius 1 is 1.15 bits per heavy atom. The number of esters is 1. The molecule has 154 valence electrons. The van der Waals surface area contributed by atoms with Crippen molar-refractivity contribution >= 4 is 17.8 Å². The zero-order valence-electron chi connectivity index (χ0n) is 16.6. The molecule has 2 aliphatic rings. The average Bonchev–Trinajstić information content (AvgIpc) is 3.15. The van der Waals surface area contributed by atoms with Gasteiger partial charge in [-0.05, 0) is 45.4 Å². The summed E-state index contributed by atoms with van der Waals surface area (Å²) in [7, 11) is 0. The molecule has 2 N–H and O–H groups in total. The number of amides is 1. The molecule has 0 aromatic carbocycles. The number of nitrogens with one attached hydrogen (secondary N) is 1. The maximum absolute atomic E-state index is 12.7. The van der Waals surface area contributed by atoms with Crippen molar-refractivity contribution in [3.05, 3.63) is 0 Å². The first-order valence-corrected chi connectivity index (χ1v) is 10.4. The van der Waals surface area contributed by atoms with Gasteiger partial charge in [0.05, 0.1) is 12.6 Å². The number of carboxylic acid groups (broad SMARTS) is 1. The van der Waals surface area contributed by atoms with Crippen LogP contribution in [0.25, 0.3) is 0 Å². The zero-order valence-corrected chi connectivity index (χ0v) is 16.6. The summed E-state index contributed by atoms with van der Waals surface area (Å²) in [5, 5.41) is 12.4. The molecule has 2 unspecified atom stereocenters. The van der Waals surface area contributed by atoms with Crippen molar-refractivity contribution in [2.45, 2.75) is 89.8 Å². The van der Waals surface area contributed by atoms with Crippen LogP contribution in [0.15, 0.2) is 0 Å². The van der Waals surface area contributed by atoms with Crippen LogP contribution in [0.3, 0.4) is 0 Å². The molecule has 0 spiro atoms. The lowest BCUT2D eigenvalue weighted by atomic mass is 9.85. The van der Waals surface area contributed by atoms with Crippen molar-refractivity contribution in [1.29, 1.82) is 0 Å². The number of ether oxygens (including phenoxy) is 1. The van der Waals surface area contributed by atoms with E-state index in [4.69, 9.17) is 4.74 Å². The van der Waals surface area contributed by atoms with E-state index in [0.717, 1.165) is 6.42 Å². The lowest BCUT2D eigenvalue weighted by molar-refractivity contribution is -0.150. The molecule has 0 aromatic heterocycles. The fourth-order valence-electron chi connectivity index (χ4n) is 4.30. The molecular formula is C20H34N2O5. The van der Waals surface area contributed by atoms with Gasteiger partial charge in [0.15, 0.2) is 0 Å². The van der Waals surface area contributed by atoms with E-state index in [1.807, 2.05) is 0 Å². The van der Waals surface area contributed by atoms with E-state index in [9.17, 15) is 19.5 Å². The summed E-state index contributed by atoms with van der Waals surface area (Å²) in [4.78, 5) is 37.9. The number of carboxylic acids is 1. The number of carbonyl (C=O) groups excluding carboxylic acids is 2. The third-order valence-corrected chi connectivity index (χ3v) is 5.80. The summed E-state index contributed by atoms with van der Waals surface area (Å²) in [5.74, 6) is -0.915. The number of rotatable bonds is 9. The van der Waals surface area contributed by atoms with Gasteiger partial charge in [0.1, 0.15) is 12.1 Å². The molecule has 1 saturated heterocycles. The van der Waals surface area contributed by atoms with Gasteiger partial charge >= 0.3 is 11.9 Å². The van der Waals surface area contributed by atoms with E-state index in [2.05, 4.69) is 5.32 Å². The number of nitrogens with zero attached hydrogens (tertiary/aromatic N) is 1. The summed E-state index contributed by atoms with van der Waals surface area (Å²) in [6.07, 6.45) is 8.97. The third-order valence-electron chi connectivity index (χ3n) is 5.80. The maximum atomic E-state index is 12.7. The van der Waals surface area contributed by atoms with Gasteiger partial charge < -0.3 is 14.7 Å². The Bertz CT molecular complexity index is 519. The minimum atomic E-state index is -0.965.